The molecule has 40 heavy (non-hydrogen) atoms. The Kier molecular flexibility index (Phi) is 7.51. The van der Waals surface area contributed by atoms with Gasteiger partial charge in [-0.05, 0) is 52.7 Å². The van der Waals surface area contributed by atoms with E-state index in [0.717, 1.165) is 18.4 Å². The van der Waals surface area contributed by atoms with Gasteiger partial charge in [-0.15, -0.1) is 5.10 Å². The zero-order chi connectivity index (χ0) is 28.4. The highest BCUT2D eigenvalue weighted by Gasteiger charge is 2.31. The third-order valence-electron chi connectivity index (χ3n) is 6.71. The third-order valence-corrected chi connectivity index (χ3v) is 6.71. The summed E-state index contributed by atoms with van der Waals surface area (Å²) in [7, 11) is 3.25. The number of piperidine rings is 1. The van der Waals surface area contributed by atoms with Crippen molar-refractivity contribution in [1.29, 1.82) is 0 Å². The van der Waals surface area contributed by atoms with Crippen molar-refractivity contribution >= 4 is 17.6 Å². The van der Waals surface area contributed by atoms with Crippen LogP contribution in [-0.2, 0) is 11.3 Å². The molecule has 3 aromatic heterocycles. The Bertz CT molecular complexity index is 1490. The van der Waals surface area contributed by atoms with E-state index in [1.807, 2.05) is 45.9 Å². The summed E-state index contributed by atoms with van der Waals surface area (Å²) in [6.45, 7) is 9.06. The minimum atomic E-state index is -0.559. The van der Waals surface area contributed by atoms with Crippen molar-refractivity contribution in [2.75, 3.05) is 32.6 Å². The molecule has 0 radical (unpaired) electrons. The molecule has 1 saturated heterocycles. The minimum Gasteiger partial charge on any atom is -0.497 e. The number of benzene rings is 1. The van der Waals surface area contributed by atoms with Gasteiger partial charge in [0.05, 0.1) is 31.8 Å². The van der Waals surface area contributed by atoms with Crippen LogP contribution in [0.15, 0.2) is 35.1 Å². The Balaban J connectivity index is 1.48. The zero-order valence-corrected chi connectivity index (χ0v) is 23.7. The van der Waals surface area contributed by atoms with Crippen LogP contribution < -0.4 is 14.8 Å². The number of aromatic nitrogens is 5. The first-order valence-electron chi connectivity index (χ1n) is 13.3. The zero-order valence-electron chi connectivity index (χ0n) is 23.7. The summed E-state index contributed by atoms with van der Waals surface area (Å²) < 4.78 is 23.9. The van der Waals surface area contributed by atoms with Crippen molar-refractivity contribution < 1.29 is 23.4 Å². The maximum absolute atomic E-state index is 12.7. The molecule has 1 aromatic carbocycles. The van der Waals surface area contributed by atoms with Crippen LogP contribution in [0.3, 0.4) is 0 Å². The molecule has 0 saturated carbocycles. The fraction of sp³-hybridized carbons (Fsp3) is 0.464. The van der Waals surface area contributed by atoms with Gasteiger partial charge in [-0.25, -0.2) is 14.8 Å². The highest BCUT2D eigenvalue weighted by Crippen LogP contribution is 2.33. The van der Waals surface area contributed by atoms with E-state index in [0.29, 0.717) is 65.7 Å². The summed E-state index contributed by atoms with van der Waals surface area (Å²) in [4.78, 5) is 28.4. The number of nitrogens with one attached hydrogen (secondary N) is 1. The van der Waals surface area contributed by atoms with E-state index in [1.165, 1.54) is 6.26 Å². The lowest BCUT2D eigenvalue weighted by atomic mass is 9.98. The van der Waals surface area contributed by atoms with Gasteiger partial charge in [0.15, 0.2) is 11.5 Å². The fourth-order valence-corrected chi connectivity index (χ4v) is 4.81. The van der Waals surface area contributed by atoms with E-state index in [1.54, 1.807) is 29.8 Å². The lowest BCUT2D eigenvalue weighted by Crippen LogP contribution is -2.42. The number of oxazole rings is 1. The van der Waals surface area contributed by atoms with Crippen molar-refractivity contribution in [3.8, 4) is 23.1 Å². The number of methoxy groups -OCH3 is 2. The van der Waals surface area contributed by atoms with Gasteiger partial charge in [0.25, 0.3) is 5.78 Å². The summed E-state index contributed by atoms with van der Waals surface area (Å²) in [6, 6.07) is 5.68. The number of ether oxygens (including phenoxy) is 3. The molecule has 12 heteroatoms. The molecule has 1 aliphatic rings. The highest BCUT2D eigenvalue weighted by atomic mass is 16.6. The second-order valence-electron chi connectivity index (χ2n) is 10.7. The smallest absolute Gasteiger partial charge is 0.410 e. The van der Waals surface area contributed by atoms with Gasteiger partial charge in [0, 0.05) is 37.2 Å². The van der Waals surface area contributed by atoms with Crippen LogP contribution >= 0.6 is 0 Å². The van der Waals surface area contributed by atoms with E-state index >= 15 is 0 Å². The molecule has 0 spiro atoms. The standard InChI is InChI=1S/C28H35N7O5/c1-17-22(30-15-18-9-10-20(37-5)14-21(18)38-6)23(25-29-11-13-39-25)35-26(31-17)32-24(33-35)19-8-7-12-34(16-19)27(36)40-28(2,3)4/h9-11,13-14,19,30H,7-8,12,15-16H2,1-6H3. The largest absolute Gasteiger partial charge is 0.497 e. The number of hydrogen-bond acceptors (Lipinski definition) is 10. The lowest BCUT2D eigenvalue weighted by Gasteiger charge is -2.33. The van der Waals surface area contributed by atoms with Gasteiger partial charge in [0.2, 0.25) is 5.89 Å². The molecule has 4 heterocycles. The number of fused-ring (bicyclic) bond motifs is 1. The number of amides is 1. The first-order chi connectivity index (χ1) is 19.2. The first kappa shape index (κ1) is 27.2. The molecular formula is C28H35N7O5. The van der Waals surface area contributed by atoms with Crippen LogP contribution in [0.25, 0.3) is 17.4 Å². The van der Waals surface area contributed by atoms with Gasteiger partial charge in [-0.3, -0.25) is 0 Å². The average molecular weight is 550 g/mol. The average Bonchev–Trinajstić information content (AvgIpc) is 3.61. The summed E-state index contributed by atoms with van der Waals surface area (Å²) in [5, 5.41) is 8.34. The molecule has 0 bridgehead atoms. The Labute approximate surface area is 232 Å². The number of likely N-dealkylation sites (tertiary alicyclic amines) is 1. The van der Waals surface area contributed by atoms with Gasteiger partial charge < -0.3 is 28.8 Å². The number of aryl methyl sites for hydroxylation is 1. The predicted octanol–water partition coefficient (Wildman–Crippen LogP) is 4.83. The van der Waals surface area contributed by atoms with E-state index in [-0.39, 0.29) is 12.0 Å². The second-order valence-corrected chi connectivity index (χ2v) is 10.7. The summed E-state index contributed by atoms with van der Waals surface area (Å²) in [6.07, 6.45) is 4.47. The Morgan fingerprint density at radius 2 is 2.02 bits per heavy atom. The van der Waals surface area contributed by atoms with Crippen molar-refractivity contribution in [2.45, 2.75) is 58.6 Å². The number of anilines is 1. The summed E-state index contributed by atoms with van der Waals surface area (Å²) >= 11 is 0. The molecule has 1 aliphatic heterocycles. The molecule has 1 unspecified atom stereocenters. The van der Waals surface area contributed by atoms with Crippen molar-refractivity contribution in [3.63, 3.8) is 0 Å². The fourth-order valence-electron chi connectivity index (χ4n) is 4.81. The van der Waals surface area contributed by atoms with Crippen LogP contribution in [0, 0.1) is 6.92 Å². The monoisotopic (exact) mass is 549 g/mol. The van der Waals surface area contributed by atoms with Crippen molar-refractivity contribution in [3.05, 3.63) is 47.7 Å². The number of nitrogens with zero attached hydrogens (tertiary/aromatic N) is 6. The predicted molar refractivity (Wildman–Crippen MR) is 148 cm³/mol. The quantitative estimate of drug-likeness (QED) is 0.342. The third kappa shape index (κ3) is 5.65. The van der Waals surface area contributed by atoms with E-state index in [9.17, 15) is 4.79 Å². The SMILES string of the molecule is COc1ccc(CNc2c(C)nc3nc(C4CCCN(C(=O)OC(C)(C)C)C4)nn3c2-c2ncco2)c(OC)c1. The number of carbonyl (C=O) groups excluding carboxylic acids is 1. The molecule has 1 atom stereocenters. The van der Waals surface area contributed by atoms with E-state index < -0.39 is 5.60 Å². The molecule has 1 fully saturated rings. The lowest BCUT2D eigenvalue weighted by molar-refractivity contribution is 0.0196. The summed E-state index contributed by atoms with van der Waals surface area (Å²) in [5.74, 6) is 2.79. The second kappa shape index (κ2) is 11.0. The van der Waals surface area contributed by atoms with Crippen molar-refractivity contribution in [1.82, 2.24) is 29.5 Å². The minimum absolute atomic E-state index is 0.0549. The van der Waals surface area contributed by atoms with Crippen LogP contribution in [-0.4, -0.2) is 68.5 Å². The van der Waals surface area contributed by atoms with Gasteiger partial charge in [0.1, 0.15) is 23.4 Å². The van der Waals surface area contributed by atoms with E-state index in [4.69, 9.17) is 33.7 Å². The molecular weight excluding hydrogens is 514 g/mol. The maximum atomic E-state index is 12.7. The maximum Gasteiger partial charge on any atom is 0.410 e. The molecule has 1 N–H and O–H groups in total. The molecule has 12 nitrogen and oxygen atoms in total. The molecule has 5 rings (SSSR count). The van der Waals surface area contributed by atoms with Gasteiger partial charge in [-0.2, -0.15) is 9.50 Å². The molecule has 0 aliphatic carbocycles. The van der Waals surface area contributed by atoms with Crippen LogP contribution in [0.4, 0.5) is 10.5 Å². The Morgan fingerprint density at radius 1 is 1.20 bits per heavy atom. The number of carbonyl (C=O) groups is 1. The number of rotatable bonds is 7. The highest BCUT2D eigenvalue weighted by molar-refractivity contribution is 5.73. The molecule has 4 aromatic rings. The van der Waals surface area contributed by atoms with Crippen molar-refractivity contribution in [2.24, 2.45) is 0 Å². The van der Waals surface area contributed by atoms with Gasteiger partial charge >= 0.3 is 6.09 Å². The first-order valence-corrected chi connectivity index (χ1v) is 13.3. The topological polar surface area (TPSA) is 129 Å². The van der Waals surface area contributed by atoms with Crippen LogP contribution in [0.5, 0.6) is 11.5 Å². The Hall–Kier alpha value is -4.35. The normalized spacial score (nSPS) is 15.8. The summed E-state index contributed by atoms with van der Waals surface area (Å²) in [5.41, 5.74) is 2.41. The van der Waals surface area contributed by atoms with Crippen LogP contribution in [0.1, 0.15) is 56.6 Å². The molecule has 1 amide bonds. The van der Waals surface area contributed by atoms with Crippen LogP contribution in [0.2, 0.25) is 0 Å². The van der Waals surface area contributed by atoms with Gasteiger partial charge in [-0.1, -0.05) is 0 Å². The molecule has 212 valence electrons. The Morgan fingerprint density at radius 3 is 2.73 bits per heavy atom. The number of hydrogen-bond donors (Lipinski definition) is 1. The van der Waals surface area contributed by atoms with E-state index in [2.05, 4.69) is 10.3 Å².